The Hall–Kier alpha value is -3.02. The van der Waals surface area contributed by atoms with Gasteiger partial charge in [-0.3, -0.25) is 4.79 Å². The van der Waals surface area contributed by atoms with Gasteiger partial charge < -0.3 is 19.8 Å². The summed E-state index contributed by atoms with van der Waals surface area (Å²) in [6.45, 7) is 3.34. The second-order valence-electron chi connectivity index (χ2n) is 5.62. The van der Waals surface area contributed by atoms with Crippen LogP contribution in [0.5, 0.6) is 0 Å². The number of nitrogens with zero attached hydrogens (tertiary/aromatic N) is 4. The number of primary amides is 1. The molecule has 1 aromatic heterocycles. The van der Waals surface area contributed by atoms with Gasteiger partial charge in [-0.05, 0) is 19.4 Å². The van der Waals surface area contributed by atoms with Crippen molar-refractivity contribution in [1.29, 1.82) is 0 Å². The molecule has 1 saturated heterocycles. The minimum absolute atomic E-state index is 0.0107. The van der Waals surface area contributed by atoms with Crippen molar-refractivity contribution in [2.45, 2.75) is 32.3 Å². The Morgan fingerprint density at radius 3 is 2.85 bits per heavy atom. The van der Waals surface area contributed by atoms with Crippen LogP contribution in [0.3, 0.4) is 0 Å². The maximum absolute atomic E-state index is 13.9. The molecule has 0 unspecified atom stereocenters. The predicted molar refractivity (Wildman–Crippen MR) is 79.7 cm³/mol. The van der Waals surface area contributed by atoms with Crippen molar-refractivity contribution in [3.05, 3.63) is 23.4 Å². The smallest absolute Gasteiger partial charge is 0.370 e. The molecule has 3 atom stereocenters. The summed E-state index contributed by atoms with van der Waals surface area (Å²) in [5.74, 6) is -2.52. The van der Waals surface area contributed by atoms with Crippen molar-refractivity contribution in [2.24, 2.45) is 5.73 Å². The number of urea groups is 1. The molecule has 2 aliphatic heterocycles. The fourth-order valence-corrected chi connectivity index (χ4v) is 2.85. The molecule has 1 aromatic rings. The van der Waals surface area contributed by atoms with E-state index >= 15 is 0 Å². The number of halogens is 1. The number of hydroxylamine groups is 2. The zero-order valence-corrected chi connectivity index (χ0v) is 13.9. The predicted octanol–water partition coefficient (Wildman–Crippen LogP) is 0.0660. The number of aromatic nitrogens is 2. The molecule has 2 N–H and O–H groups in total. The summed E-state index contributed by atoms with van der Waals surface area (Å²) in [5.41, 5.74) is 5.73. The number of nitrogens with two attached hydrogens (primary N) is 1. The molecule has 0 radical (unpaired) electrons. The number of hydrogen-bond acceptors (Lipinski definition) is 8. The van der Waals surface area contributed by atoms with Crippen LogP contribution in [-0.2, 0) is 14.4 Å². The highest BCUT2D eigenvalue weighted by molar-refractivity contribution is 5.87. The summed E-state index contributed by atoms with van der Waals surface area (Å²) in [6, 6.07) is -2.06. The molecule has 3 rings (SSSR count). The normalized spacial score (nSPS) is 23.0. The summed E-state index contributed by atoms with van der Waals surface area (Å²) in [7, 11) is 0. The number of rotatable bonds is 6. The van der Waals surface area contributed by atoms with E-state index in [1.54, 1.807) is 13.0 Å². The highest BCUT2D eigenvalue weighted by Crippen LogP contribution is 2.38. The van der Waals surface area contributed by atoms with Crippen molar-refractivity contribution in [2.75, 3.05) is 13.2 Å². The summed E-state index contributed by atoms with van der Waals surface area (Å²) in [5, 5.41) is 8.02. The van der Waals surface area contributed by atoms with Crippen LogP contribution in [0.25, 0.3) is 0 Å². The molecule has 3 heterocycles. The second kappa shape index (κ2) is 6.71. The minimum atomic E-state index is -2.43. The number of amides is 3. The first-order valence-electron chi connectivity index (χ1n) is 7.72. The fraction of sp³-hybridized carbons (Fsp3) is 0.500. The van der Waals surface area contributed by atoms with Crippen molar-refractivity contribution in [3.8, 4) is 0 Å². The molecule has 0 spiro atoms. The van der Waals surface area contributed by atoms with Crippen molar-refractivity contribution >= 4 is 17.9 Å². The Morgan fingerprint density at radius 2 is 2.23 bits per heavy atom. The Labute approximate surface area is 146 Å². The molecule has 0 saturated carbocycles. The van der Waals surface area contributed by atoms with Gasteiger partial charge in [-0.15, -0.1) is 10.2 Å². The van der Waals surface area contributed by atoms with E-state index in [0.717, 1.165) is 5.06 Å². The topological polar surface area (TPSA) is 141 Å². The van der Waals surface area contributed by atoms with Crippen LogP contribution < -0.4 is 5.73 Å². The number of esters is 1. The highest BCUT2D eigenvalue weighted by atomic mass is 19.1. The van der Waals surface area contributed by atoms with Gasteiger partial charge in [0.05, 0.1) is 19.2 Å². The van der Waals surface area contributed by atoms with Crippen LogP contribution >= 0.6 is 0 Å². The van der Waals surface area contributed by atoms with Crippen molar-refractivity contribution in [3.63, 3.8) is 0 Å². The van der Waals surface area contributed by atoms with Gasteiger partial charge in [-0.25, -0.2) is 18.8 Å². The Kier molecular flexibility index (Phi) is 4.59. The van der Waals surface area contributed by atoms with Crippen molar-refractivity contribution < 1.29 is 32.8 Å². The molecule has 12 heteroatoms. The van der Waals surface area contributed by atoms with Gasteiger partial charge in [0.2, 0.25) is 5.89 Å². The van der Waals surface area contributed by atoms with Gasteiger partial charge >= 0.3 is 30.2 Å². The second-order valence-corrected chi connectivity index (χ2v) is 5.62. The summed E-state index contributed by atoms with van der Waals surface area (Å²) >= 11 is 0. The van der Waals surface area contributed by atoms with E-state index in [2.05, 4.69) is 14.9 Å². The zero-order chi connectivity index (χ0) is 19.0. The first-order valence-corrected chi connectivity index (χ1v) is 7.72. The monoisotopic (exact) mass is 369 g/mol. The van der Waals surface area contributed by atoms with E-state index in [1.165, 1.54) is 11.8 Å². The van der Waals surface area contributed by atoms with Crippen LogP contribution in [0.4, 0.5) is 9.18 Å². The molecule has 2 aliphatic rings. The average Bonchev–Trinajstić information content (AvgIpc) is 3.15. The SMILES string of the molecule is CCOC(=O)[C@H](F)ON1C(=O)N2C[C@@H]1C=C(C)[C@H]2c1nnc(C(N)=O)o1. The molecule has 26 heavy (non-hydrogen) atoms. The summed E-state index contributed by atoms with van der Waals surface area (Å²) < 4.78 is 23.6. The first-order chi connectivity index (χ1) is 12.3. The molecular weight excluding hydrogens is 353 g/mol. The number of ether oxygens (including phenoxy) is 1. The van der Waals surface area contributed by atoms with Crippen LogP contribution in [0.2, 0.25) is 0 Å². The molecule has 3 amide bonds. The van der Waals surface area contributed by atoms with Gasteiger partial charge in [0.15, 0.2) is 0 Å². The summed E-state index contributed by atoms with van der Waals surface area (Å²) in [4.78, 5) is 41.2. The van der Waals surface area contributed by atoms with E-state index in [1.807, 2.05) is 0 Å². The van der Waals surface area contributed by atoms with Gasteiger partial charge in [0, 0.05) is 0 Å². The molecule has 0 aromatic carbocycles. The number of hydrogen-bond donors (Lipinski definition) is 1. The first kappa shape index (κ1) is 17.8. The fourth-order valence-electron chi connectivity index (χ4n) is 2.85. The molecule has 1 fully saturated rings. The lowest BCUT2D eigenvalue weighted by Gasteiger charge is -2.27. The maximum Gasteiger partial charge on any atom is 0.370 e. The van der Waals surface area contributed by atoms with Crippen LogP contribution in [0.15, 0.2) is 16.1 Å². The van der Waals surface area contributed by atoms with E-state index in [-0.39, 0.29) is 24.9 Å². The maximum atomic E-state index is 13.9. The minimum Gasteiger partial charge on any atom is -0.462 e. The van der Waals surface area contributed by atoms with Gasteiger partial charge in [0.25, 0.3) is 0 Å². The van der Waals surface area contributed by atoms with E-state index < -0.39 is 36.3 Å². The number of alkyl halides is 1. The molecule has 0 aliphatic carbocycles. The van der Waals surface area contributed by atoms with Gasteiger partial charge in [-0.2, -0.15) is 5.06 Å². The Morgan fingerprint density at radius 1 is 1.50 bits per heavy atom. The van der Waals surface area contributed by atoms with Gasteiger partial charge in [0.1, 0.15) is 6.04 Å². The molecule has 2 bridgehead atoms. The van der Waals surface area contributed by atoms with Crippen LogP contribution in [-0.4, -0.2) is 63.6 Å². The zero-order valence-electron chi connectivity index (χ0n) is 13.9. The number of carbonyl (C=O) groups excluding carboxylic acids is 3. The third-order valence-corrected chi connectivity index (χ3v) is 3.88. The molecule has 11 nitrogen and oxygen atoms in total. The lowest BCUT2D eigenvalue weighted by Crippen LogP contribution is -2.38. The number of carbonyl (C=O) groups is 3. The standard InChI is InChI=1S/C14H16FN5O6/c1-3-24-13(22)9(15)26-20-7-4-6(2)8(19(5-7)14(20)23)11-17-18-12(25-11)10(16)21/h4,7-9H,3,5H2,1-2H3,(H2,16,21)/t7-,8-,9+/m0/s1. The molecular formula is C14H16FN5O6. The van der Waals surface area contributed by atoms with Crippen LogP contribution in [0.1, 0.15) is 36.5 Å². The third kappa shape index (κ3) is 2.98. The Bertz CT molecular complexity index is 780. The molecule has 140 valence electrons. The van der Waals surface area contributed by atoms with Gasteiger partial charge in [-0.1, -0.05) is 6.08 Å². The third-order valence-electron chi connectivity index (χ3n) is 3.88. The van der Waals surface area contributed by atoms with Crippen molar-refractivity contribution in [1.82, 2.24) is 20.2 Å². The summed E-state index contributed by atoms with van der Waals surface area (Å²) in [6.07, 6.45) is -0.783. The van der Waals surface area contributed by atoms with Crippen LogP contribution in [0, 0.1) is 0 Å². The lowest BCUT2D eigenvalue weighted by atomic mass is 10.0. The highest BCUT2D eigenvalue weighted by Gasteiger charge is 2.48. The average molecular weight is 369 g/mol. The van der Waals surface area contributed by atoms with E-state index in [9.17, 15) is 18.8 Å². The quantitative estimate of drug-likeness (QED) is 0.548. The lowest BCUT2D eigenvalue weighted by molar-refractivity contribution is -0.223. The van der Waals surface area contributed by atoms with E-state index in [4.69, 9.17) is 15.0 Å². The Balaban J connectivity index is 1.80. The largest absolute Gasteiger partial charge is 0.462 e. The van der Waals surface area contributed by atoms with E-state index in [0.29, 0.717) is 5.57 Å². The number of fused-ring (bicyclic) bond motifs is 2.